The van der Waals surface area contributed by atoms with E-state index in [4.69, 9.17) is 9.47 Å². The molecule has 132 valence electrons. The fourth-order valence-corrected chi connectivity index (χ4v) is 2.68. The van der Waals surface area contributed by atoms with Crippen molar-refractivity contribution in [3.05, 3.63) is 48.2 Å². The molecule has 2 heterocycles. The normalized spacial score (nSPS) is 29.1. The molecule has 1 aromatic rings. The molecular weight excluding hydrogens is 330 g/mol. The van der Waals surface area contributed by atoms with Crippen molar-refractivity contribution < 1.29 is 34.1 Å². The number of hydrogen-bond acceptors (Lipinski definition) is 7. The molecule has 8 nitrogen and oxygen atoms in total. The Kier molecular flexibility index (Phi) is 4.93. The molecule has 0 saturated carbocycles. The van der Waals surface area contributed by atoms with Crippen LogP contribution in [0.25, 0.3) is 0 Å². The first kappa shape index (κ1) is 17.3. The molecule has 1 amide bonds. The molecule has 2 aliphatic heterocycles. The van der Waals surface area contributed by atoms with Crippen molar-refractivity contribution in [3.63, 3.8) is 0 Å². The molecule has 0 spiro atoms. The SMILES string of the molecule is O=C1C=CN([C@@H]2O[C@H](COC(=O)c3ccccc3)[C@@H](O)[C@@H]2O)C(=O)C1. The number of benzene rings is 1. The van der Waals surface area contributed by atoms with Crippen LogP contribution in [0.2, 0.25) is 0 Å². The van der Waals surface area contributed by atoms with Crippen molar-refractivity contribution in [2.24, 2.45) is 0 Å². The van der Waals surface area contributed by atoms with Gasteiger partial charge >= 0.3 is 5.97 Å². The fraction of sp³-hybridized carbons (Fsp3) is 0.353. The summed E-state index contributed by atoms with van der Waals surface area (Å²) in [4.78, 5) is 36.1. The largest absolute Gasteiger partial charge is 0.459 e. The van der Waals surface area contributed by atoms with Gasteiger partial charge in [-0.2, -0.15) is 0 Å². The van der Waals surface area contributed by atoms with Crippen molar-refractivity contribution >= 4 is 17.7 Å². The van der Waals surface area contributed by atoms with Gasteiger partial charge in [0.1, 0.15) is 24.9 Å². The van der Waals surface area contributed by atoms with Gasteiger partial charge in [-0.15, -0.1) is 0 Å². The fourth-order valence-electron chi connectivity index (χ4n) is 2.68. The van der Waals surface area contributed by atoms with E-state index < -0.39 is 36.4 Å². The number of allylic oxidation sites excluding steroid dienone is 1. The number of carbonyl (C=O) groups is 3. The maximum Gasteiger partial charge on any atom is 0.338 e. The number of aliphatic hydroxyl groups is 2. The topological polar surface area (TPSA) is 113 Å². The van der Waals surface area contributed by atoms with E-state index in [0.717, 1.165) is 4.90 Å². The maximum absolute atomic E-state index is 11.9. The van der Waals surface area contributed by atoms with Crippen LogP contribution >= 0.6 is 0 Å². The Hall–Kier alpha value is -2.55. The van der Waals surface area contributed by atoms with Gasteiger partial charge in [-0.25, -0.2) is 4.79 Å². The minimum absolute atomic E-state index is 0.285. The zero-order valence-corrected chi connectivity index (χ0v) is 13.1. The van der Waals surface area contributed by atoms with Gasteiger partial charge in [0.25, 0.3) is 0 Å². The Balaban J connectivity index is 1.62. The van der Waals surface area contributed by atoms with E-state index in [1.165, 1.54) is 12.3 Å². The molecule has 4 atom stereocenters. The second kappa shape index (κ2) is 7.14. The molecular formula is C17H17NO7. The molecule has 25 heavy (non-hydrogen) atoms. The zero-order valence-electron chi connectivity index (χ0n) is 13.1. The number of rotatable bonds is 4. The summed E-state index contributed by atoms with van der Waals surface area (Å²) in [5.74, 6) is -1.47. The quantitative estimate of drug-likeness (QED) is 0.563. The van der Waals surface area contributed by atoms with Crippen molar-refractivity contribution in [1.82, 2.24) is 4.90 Å². The first-order valence-electron chi connectivity index (χ1n) is 7.73. The monoisotopic (exact) mass is 347 g/mol. The third-order valence-electron chi connectivity index (χ3n) is 4.03. The standard InChI is InChI=1S/C17H17NO7/c19-11-6-7-18(13(20)8-11)16-15(22)14(21)12(25-16)9-24-17(23)10-4-2-1-3-5-10/h1-7,12,14-16,21-22H,8-9H2/t12-,14-,15+,16-/m1/s1. The highest BCUT2D eigenvalue weighted by Gasteiger charge is 2.47. The number of nitrogens with zero attached hydrogens (tertiary/aromatic N) is 1. The van der Waals surface area contributed by atoms with Crippen molar-refractivity contribution in [3.8, 4) is 0 Å². The Morgan fingerprint density at radius 1 is 1.20 bits per heavy atom. The molecule has 1 fully saturated rings. The predicted octanol–water partition coefficient (Wildman–Crippen LogP) is -0.395. The van der Waals surface area contributed by atoms with Gasteiger partial charge in [-0.3, -0.25) is 14.5 Å². The molecule has 0 aliphatic carbocycles. The molecule has 0 radical (unpaired) electrons. The van der Waals surface area contributed by atoms with Crippen LogP contribution < -0.4 is 0 Å². The van der Waals surface area contributed by atoms with Crippen LogP contribution in [0, 0.1) is 0 Å². The molecule has 8 heteroatoms. The highest BCUT2D eigenvalue weighted by molar-refractivity contribution is 6.06. The average molecular weight is 347 g/mol. The third kappa shape index (κ3) is 3.60. The summed E-state index contributed by atoms with van der Waals surface area (Å²) in [7, 11) is 0. The summed E-state index contributed by atoms with van der Waals surface area (Å²) in [5.41, 5.74) is 0.347. The number of carbonyl (C=O) groups excluding carboxylic acids is 3. The van der Waals surface area contributed by atoms with E-state index in [2.05, 4.69) is 0 Å². The van der Waals surface area contributed by atoms with Crippen LogP contribution in [0.15, 0.2) is 42.6 Å². The molecule has 0 bridgehead atoms. The second-order valence-electron chi connectivity index (χ2n) is 5.77. The van der Waals surface area contributed by atoms with Crippen molar-refractivity contribution in [1.29, 1.82) is 0 Å². The minimum Gasteiger partial charge on any atom is -0.459 e. The minimum atomic E-state index is -1.39. The van der Waals surface area contributed by atoms with Gasteiger partial charge in [-0.1, -0.05) is 18.2 Å². The first-order chi connectivity index (χ1) is 12.0. The van der Waals surface area contributed by atoms with Crippen molar-refractivity contribution in [2.45, 2.75) is 31.0 Å². The van der Waals surface area contributed by atoms with Crippen LogP contribution in [0.1, 0.15) is 16.8 Å². The average Bonchev–Trinajstić information content (AvgIpc) is 2.89. The Labute approximate surface area is 143 Å². The van der Waals surface area contributed by atoms with Gasteiger partial charge < -0.3 is 19.7 Å². The summed E-state index contributed by atoms with van der Waals surface area (Å²) in [6, 6.07) is 8.30. The Morgan fingerprint density at radius 3 is 2.60 bits per heavy atom. The Morgan fingerprint density at radius 2 is 1.92 bits per heavy atom. The zero-order chi connectivity index (χ0) is 18.0. The lowest BCUT2D eigenvalue weighted by molar-refractivity contribution is -0.148. The molecule has 2 N–H and O–H groups in total. The van der Waals surface area contributed by atoms with E-state index in [0.29, 0.717) is 5.56 Å². The number of amides is 1. The number of ketones is 1. The highest BCUT2D eigenvalue weighted by Crippen LogP contribution is 2.26. The number of esters is 1. The molecule has 1 aromatic carbocycles. The third-order valence-corrected chi connectivity index (χ3v) is 4.03. The van der Waals surface area contributed by atoms with Crippen LogP contribution in [-0.2, 0) is 19.1 Å². The molecule has 2 aliphatic rings. The molecule has 1 saturated heterocycles. The second-order valence-corrected chi connectivity index (χ2v) is 5.77. The smallest absolute Gasteiger partial charge is 0.338 e. The van der Waals surface area contributed by atoms with Crippen LogP contribution in [0.5, 0.6) is 0 Å². The van der Waals surface area contributed by atoms with Gasteiger partial charge in [0, 0.05) is 6.20 Å². The van der Waals surface area contributed by atoms with Crippen LogP contribution in [-0.4, -0.2) is 63.9 Å². The molecule has 0 unspecified atom stereocenters. The van der Waals surface area contributed by atoms with E-state index in [1.807, 2.05) is 0 Å². The predicted molar refractivity (Wildman–Crippen MR) is 83.0 cm³/mol. The lowest BCUT2D eigenvalue weighted by Crippen LogP contribution is -2.46. The van der Waals surface area contributed by atoms with Gasteiger partial charge in [0.15, 0.2) is 12.0 Å². The van der Waals surface area contributed by atoms with Gasteiger partial charge in [-0.05, 0) is 18.2 Å². The van der Waals surface area contributed by atoms with E-state index in [1.54, 1.807) is 30.3 Å². The number of hydrogen-bond donors (Lipinski definition) is 2. The lowest BCUT2D eigenvalue weighted by Gasteiger charge is -2.28. The summed E-state index contributed by atoms with van der Waals surface area (Å²) in [6.07, 6.45) is -2.78. The first-order valence-corrected chi connectivity index (χ1v) is 7.73. The number of ether oxygens (including phenoxy) is 2. The molecule has 0 aromatic heterocycles. The van der Waals surface area contributed by atoms with Gasteiger partial charge in [0.2, 0.25) is 5.91 Å². The van der Waals surface area contributed by atoms with Crippen molar-refractivity contribution in [2.75, 3.05) is 6.61 Å². The van der Waals surface area contributed by atoms with E-state index in [-0.39, 0.29) is 18.8 Å². The van der Waals surface area contributed by atoms with Gasteiger partial charge in [0.05, 0.1) is 12.0 Å². The van der Waals surface area contributed by atoms with Crippen LogP contribution in [0.3, 0.4) is 0 Å². The Bertz CT molecular complexity index is 702. The van der Waals surface area contributed by atoms with Crippen LogP contribution in [0.4, 0.5) is 0 Å². The summed E-state index contributed by atoms with van der Waals surface area (Å²) in [6.45, 7) is -0.285. The lowest BCUT2D eigenvalue weighted by atomic mass is 10.1. The van der Waals surface area contributed by atoms with E-state index >= 15 is 0 Å². The highest BCUT2D eigenvalue weighted by atomic mass is 16.6. The summed E-state index contributed by atoms with van der Waals surface area (Å²) in [5, 5.41) is 20.2. The maximum atomic E-state index is 11.9. The van der Waals surface area contributed by atoms with E-state index in [9.17, 15) is 24.6 Å². The summed E-state index contributed by atoms with van der Waals surface area (Å²) >= 11 is 0. The summed E-state index contributed by atoms with van der Waals surface area (Å²) < 4.78 is 10.6. The molecule has 3 rings (SSSR count). The number of aliphatic hydroxyl groups excluding tert-OH is 2.